The van der Waals surface area contributed by atoms with Crippen molar-refractivity contribution < 1.29 is 14.8 Å². The summed E-state index contributed by atoms with van der Waals surface area (Å²) in [5, 5.41) is 10.6. The van der Waals surface area contributed by atoms with Gasteiger partial charge in [-0.25, -0.2) is 0 Å². The first-order valence-electron chi connectivity index (χ1n) is 7.35. The van der Waals surface area contributed by atoms with Crippen LogP contribution in [-0.2, 0) is 9.57 Å². The SMILES string of the molecule is C#CCSc1ccccc1C=CCON(O)C1CCCCO1. The number of hydrogen-bond acceptors (Lipinski definition) is 5. The van der Waals surface area contributed by atoms with Gasteiger partial charge in [0, 0.05) is 11.5 Å². The van der Waals surface area contributed by atoms with E-state index in [0.29, 0.717) is 12.4 Å². The van der Waals surface area contributed by atoms with Gasteiger partial charge in [0.1, 0.15) is 0 Å². The Morgan fingerprint density at radius 3 is 3.09 bits per heavy atom. The maximum Gasteiger partial charge on any atom is 0.160 e. The van der Waals surface area contributed by atoms with Crippen LogP contribution >= 0.6 is 11.8 Å². The van der Waals surface area contributed by atoms with E-state index in [1.165, 1.54) is 0 Å². The maximum atomic E-state index is 9.77. The van der Waals surface area contributed by atoms with Crippen LogP contribution in [0.2, 0.25) is 0 Å². The van der Waals surface area contributed by atoms with Gasteiger partial charge in [-0.2, -0.15) is 0 Å². The summed E-state index contributed by atoms with van der Waals surface area (Å²) in [7, 11) is 0. The van der Waals surface area contributed by atoms with E-state index >= 15 is 0 Å². The topological polar surface area (TPSA) is 41.9 Å². The predicted molar refractivity (Wildman–Crippen MR) is 88.2 cm³/mol. The summed E-state index contributed by atoms with van der Waals surface area (Å²) in [5.41, 5.74) is 1.09. The Balaban J connectivity index is 1.81. The lowest BCUT2D eigenvalue weighted by atomic mass is 10.2. The molecule has 1 atom stereocenters. The number of nitrogens with zero attached hydrogens (tertiary/aromatic N) is 1. The van der Waals surface area contributed by atoms with Gasteiger partial charge in [-0.15, -0.1) is 18.2 Å². The van der Waals surface area contributed by atoms with Crippen molar-refractivity contribution in [1.29, 1.82) is 0 Å². The van der Waals surface area contributed by atoms with E-state index in [2.05, 4.69) is 5.92 Å². The number of benzene rings is 1. The first-order chi connectivity index (χ1) is 10.8. The summed E-state index contributed by atoms with van der Waals surface area (Å²) >= 11 is 1.63. The number of terminal acetylenes is 1. The molecule has 1 aliphatic rings. The van der Waals surface area contributed by atoms with Crippen LogP contribution in [0.25, 0.3) is 6.08 Å². The van der Waals surface area contributed by atoms with E-state index in [1.54, 1.807) is 11.8 Å². The Morgan fingerprint density at radius 2 is 2.32 bits per heavy atom. The van der Waals surface area contributed by atoms with Crippen molar-refractivity contribution in [3.8, 4) is 12.3 Å². The fraction of sp³-hybridized carbons (Fsp3) is 0.412. The third kappa shape index (κ3) is 5.48. The van der Waals surface area contributed by atoms with Crippen LogP contribution in [0.4, 0.5) is 0 Å². The molecule has 0 aliphatic carbocycles. The van der Waals surface area contributed by atoms with Crippen LogP contribution in [0.1, 0.15) is 24.8 Å². The summed E-state index contributed by atoms with van der Waals surface area (Å²) in [6.45, 7) is 0.950. The molecule has 1 fully saturated rings. The fourth-order valence-corrected chi connectivity index (χ4v) is 2.86. The van der Waals surface area contributed by atoms with E-state index in [4.69, 9.17) is 16.0 Å². The molecule has 1 aliphatic heterocycles. The monoisotopic (exact) mass is 319 g/mol. The molecule has 1 heterocycles. The lowest BCUT2D eigenvalue weighted by molar-refractivity contribution is -0.402. The van der Waals surface area contributed by atoms with Crippen LogP contribution in [-0.4, -0.2) is 35.6 Å². The van der Waals surface area contributed by atoms with Gasteiger partial charge in [0.25, 0.3) is 0 Å². The fourth-order valence-electron chi connectivity index (χ4n) is 2.14. The van der Waals surface area contributed by atoms with E-state index in [0.717, 1.165) is 34.9 Å². The van der Waals surface area contributed by atoms with E-state index in [1.807, 2.05) is 36.4 Å². The highest BCUT2D eigenvalue weighted by molar-refractivity contribution is 7.99. The summed E-state index contributed by atoms with van der Waals surface area (Å²) < 4.78 is 5.42. The van der Waals surface area contributed by atoms with Crippen LogP contribution < -0.4 is 0 Å². The average Bonchev–Trinajstić information content (AvgIpc) is 2.58. The molecule has 1 unspecified atom stereocenters. The maximum absolute atomic E-state index is 9.77. The van der Waals surface area contributed by atoms with Gasteiger partial charge in [-0.05, 0) is 36.1 Å². The van der Waals surface area contributed by atoms with Crippen molar-refractivity contribution in [2.24, 2.45) is 0 Å². The highest BCUT2D eigenvalue weighted by Gasteiger charge is 2.20. The van der Waals surface area contributed by atoms with Gasteiger partial charge in [-0.3, -0.25) is 10.0 Å². The molecule has 0 bridgehead atoms. The average molecular weight is 319 g/mol. The standard InChI is InChI=1S/C17H21NO3S/c1-2-14-22-16-10-4-3-8-15(16)9-7-13-21-18(19)17-11-5-6-12-20-17/h1,3-4,7-10,17,19H,5-6,11-14H2. The second kappa shape index (κ2) is 9.67. The molecule has 0 amide bonds. The van der Waals surface area contributed by atoms with Gasteiger partial charge in [0.15, 0.2) is 6.23 Å². The minimum atomic E-state index is -0.361. The number of ether oxygens (including phenoxy) is 1. The molecule has 1 aromatic rings. The van der Waals surface area contributed by atoms with Crippen molar-refractivity contribution in [1.82, 2.24) is 5.23 Å². The normalized spacial score (nSPS) is 18.7. The first-order valence-corrected chi connectivity index (χ1v) is 8.34. The molecular formula is C17H21NO3S. The van der Waals surface area contributed by atoms with Crippen molar-refractivity contribution in [2.75, 3.05) is 19.0 Å². The Hall–Kier alpha value is -1.29. The lowest BCUT2D eigenvalue weighted by Crippen LogP contribution is -2.37. The van der Waals surface area contributed by atoms with Crippen molar-refractivity contribution in [3.63, 3.8) is 0 Å². The van der Waals surface area contributed by atoms with E-state index in [9.17, 15) is 5.21 Å². The Kier molecular flexibility index (Phi) is 7.50. The zero-order chi connectivity index (χ0) is 15.6. The van der Waals surface area contributed by atoms with Crippen molar-refractivity contribution in [3.05, 3.63) is 35.9 Å². The first kappa shape index (κ1) is 17.1. The van der Waals surface area contributed by atoms with Crippen molar-refractivity contribution >= 4 is 17.8 Å². The Bertz CT molecular complexity index is 521. The summed E-state index contributed by atoms with van der Waals surface area (Å²) in [5.74, 6) is 3.27. The molecule has 0 saturated carbocycles. The largest absolute Gasteiger partial charge is 0.358 e. The molecule has 5 heteroatoms. The van der Waals surface area contributed by atoms with Crippen LogP contribution in [0, 0.1) is 12.3 Å². The van der Waals surface area contributed by atoms with Gasteiger partial charge in [0.2, 0.25) is 0 Å². The third-order valence-electron chi connectivity index (χ3n) is 3.23. The van der Waals surface area contributed by atoms with Crippen LogP contribution in [0.5, 0.6) is 0 Å². The minimum absolute atomic E-state index is 0.282. The quantitative estimate of drug-likeness (QED) is 0.473. The predicted octanol–water partition coefficient (Wildman–Crippen LogP) is 3.57. The van der Waals surface area contributed by atoms with Crippen LogP contribution in [0.15, 0.2) is 35.2 Å². The molecule has 118 valence electrons. The van der Waals surface area contributed by atoms with Gasteiger partial charge < -0.3 is 4.74 Å². The number of rotatable bonds is 7. The smallest absolute Gasteiger partial charge is 0.160 e. The lowest BCUT2D eigenvalue weighted by Gasteiger charge is -2.27. The highest BCUT2D eigenvalue weighted by Crippen LogP contribution is 2.23. The molecule has 4 nitrogen and oxygen atoms in total. The molecular weight excluding hydrogens is 298 g/mol. The Morgan fingerprint density at radius 1 is 1.45 bits per heavy atom. The number of thioether (sulfide) groups is 1. The molecule has 0 radical (unpaired) electrons. The van der Waals surface area contributed by atoms with Gasteiger partial charge in [-0.1, -0.05) is 36.3 Å². The zero-order valence-electron chi connectivity index (χ0n) is 12.5. The van der Waals surface area contributed by atoms with Crippen molar-refractivity contribution in [2.45, 2.75) is 30.4 Å². The number of hydrogen-bond donors (Lipinski definition) is 1. The van der Waals surface area contributed by atoms with E-state index in [-0.39, 0.29) is 12.8 Å². The van der Waals surface area contributed by atoms with Gasteiger partial charge in [0.05, 0.1) is 12.4 Å². The zero-order valence-corrected chi connectivity index (χ0v) is 13.3. The molecule has 0 aromatic heterocycles. The molecule has 1 aromatic carbocycles. The van der Waals surface area contributed by atoms with Gasteiger partial charge >= 0.3 is 0 Å². The Labute approximate surface area is 136 Å². The second-order valence-electron chi connectivity index (χ2n) is 4.85. The minimum Gasteiger partial charge on any atom is -0.358 e. The highest BCUT2D eigenvalue weighted by atomic mass is 32.2. The van der Waals surface area contributed by atoms with E-state index < -0.39 is 0 Å². The molecule has 22 heavy (non-hydrogen) atoms. The summed E-state index contributed by atoms with van der Waals surface area (Å²) in [6.07, 6.45) is 11.6. The molecule has 1 N–H and O–H groups in total. The summed E-state index contributed by atoms with van der Waals surface area (Å²) in [4.78, 5) is 6.39. The summed E-state index contributed by atoms with van der Waals surface area (Å²) in [6, 6.07) is 8.03. The molecule has 1 saturated heterocycles. The van der Waals surface area contributed by atoms with Crippen LogP contribution in [0.3, 0.4) is 0 Å². The molecule has 0 spiro atoms. The second-order valence-corrected chi connectivity index (χ2v) is 5.87. The molecule has 2 rings (SSSR count). The third-order valence-corrected chi connectivity index (χ3v) is 4.23. The number of hydroxylamine groups is 2.